The fourth-order valence-corrected chi connectivity index (χ4v) is 2.40. The van der Waals surface area contributed by atoms with E-state index in [9.17, 15) is 8.78 Å². The summed E-state index contributed by atoms with van der Waals surface area (Å²) in [5.41, 5.74) is 6.22. The molecule has 2 nitrogen and oxygen atoms in total. The van der Waals surface area contributed by atoms with Gasteiger partial charge >= 0.3 is 0 Å². The quantitative estimate of drug-likeness (QED) is 0.822. The van der Waals surface area contributed by atoms with Gasteiger partial charge in [0.2, 0.25) is 0 Å². The van der Waals surface area contributed by atoms with E-state index in [1.165, 1.54) is 6.07 Å². The summed E-state index contributed by atoms with van der Waals surface area (Å²) in [6.07, 6.45) is 2.78. The van der Waals surface area contributed by atoms with Crippen LogP contribution in [0.4, 0.5) is 8.78 Å². The first-order chi connectivity index (χ1) is 9.01. The molecule has 1 atom stereocenters. The summed E-state index contributed by atoms with van der Waals surface area (Å²) >= 11 is 0. The van der Waals surface area contributed by atoms with Crippen LogP contribution in [0.2, 0.25) is 0 Å². The molecule has 0 saturated heterocycles. The van der Waals surface area contributed by atoms with Gasteiger partial charge in [-0.25, -0.2) is 8.78 Å². The maximum absolute atomic E-state index is 13.6. The molecule has 108 valence electrons. The maximum Gasteiger partial charge on any atom is 0.163 e. The average molecular weight is 270 g/mol. The predicted octanol–water partition coefficient (Wildman–Crippen LogP) is 3.48. The van der Waals surface area contributed by atoms with Crippen molar-refractivity contribution in [2.75, 3.05) is 13.6 Å². The van der Waals surface area contributed by atoms with Crippen molar-refractivity contribution in [3.8, 4) is 0 Å². The van der Waals surface area contributed by atoms with Gasteiger partial charge < -0.3 is 10.6 Å². The highest BCUT2D eigenvalue weighted by Gasteiger charge is 2.16. The first kappa shape index (κ1) is 16.1. The third-order valence-corrected chi connectivity index (χ3v) is 3.74. The summed E-state index contributed by atoms with van der Waals surface area (Å²) in [5, 5.41) is 0. The van der Waals surface area contributed by atoms with E-state index in [0.717, 1.165) is 25.5 Å². The van der Waals surface area contributed by atoms with E-state index in [2.05, 4.69) is 18.7 Å². The highest BCUT2D eigenvalue weighted by atomic mass is 19.2. The van der Waals surface area contributed by atoms with E-state index >= 15 is 0 Å². The topological polar surface area (TPSA) is 29.3 Å². The maximum atomic E-state index is 13.6. The van der Waals surface area contributed by atoms with Crippen LogP contribution in [-0.2, 0) is 0 Å². The Kier molecular flexibility index (Phi) is 6.38. The number of nitrogens with zero attached hydrogens (tertiary/aromatic N) is 1. The molecular formula is C15H24F2N2. The normalized spacial score (nSPS) is 13.3. The van der Waals surface area contributed by atoms with Crippen molar-refractivity contribution in [3.05, 3.63) is 35.4 Å². The highest BCUT2D eigenvalue weighted by Crippen LogP contribution is 2.20. The van der Waals surface area contributed by atoms with Crippen LogP contribution in [0.1, 0.15) is 44.7 Å². The smallest absolute Gasteiger partial charge is 0.163 e. The van der Waals surface area contributed by atoms with Gasteiger partial charge in [0.05, 0.1) is 0 Å². The molecule has 1 aromatic rings. The minimum absolute atomic E-state index is 0.262. The van der Waals surface area contributed by atoms with Crippen LogP contribution in [0.25, 0.3) is 0 Å². The second-order valence-corrected chi connectivity index (χ2v) is 4.99. The lowest BCUT2D eigenvalue weighted by molar-refractivity contribution is 0.221. The van der Waals surface area contributed by atoms with Crippen molar-refractivity contribution in [2.45, 2.75) is 45.2 Å². The molecule has 1 rings (SSSR count). The van der Waals surface area contributed by atoms with E-state index in [4.69, 9.17) is 5.73 Å². The van der Waals surface area contributed by atoms with E-state index < -0.39 is 17.7 Å². The third kappa shape index (κ3) is 4.25. The molecule has 0 saturated carbocycles. The number of benzene rings is 1. The van der Waals surface area contributed by atoms with Crippen LogP contribution in [0.15, 0.2) is 18.2 Å². The highest BCUT2D eigenvalue weighted by molar-refractivity contribution is 5.22. The number of hydrogen-bond acceptors (Lipinski definition) is 2. The Balaban J connectivity index is 2.60. The Morgan fingerprint density at radius 2 is 1.84 bits per heavy atom. The van der Waals surface area contributed by atoms with Crippen LogP contribution in [0, 0.1) is 11.6 Å². The average Bonchev–Trinajstić information content (AvgIpc) is 2.40. The van der Waals surface area contributed by atoms with Crippen molar-refractivity contribution in [1.82, 2.24) is 4.90 Å². The zero-order valence-electron chi connectivity index (χ0n) is 12.0. The van der Waals surface area contributed by atoms with Crippen LogP contribution in [0.3, 0.4) is 0 Å². The van der Waals surface area contributed by atoms with Crippen LogP contribution < -0.4 is 5.73 Å². The zero-order chi connectivity index (χ0) is 14.4. The standard InChI is InChI=1S/C15H24F2N2/c1-4-11(5-2)19(3)10-9-14(18)12-7-6-8-13(16)15(12)17/h6-8,11,14H,4-5,9-10,18H2,1-3H3. The van der Waals surface area contributed by atoms with E-state index in [1.54, 1.807) is 6.07 Å². The van der Waals surface area contributed by atoms with Crippen molar-refractivity contribution >= 4 is 0 Å². The second kappa shape index (κ2) is 7.56. The van der Waals surface area contributed by atoms with E-state index in [0.29, 0.717) is 12.5 Å². The molecule has 0 aliphatic heterocycles. The Labute approximate surface area is 114 Å². The van der Waals surface area contributed by atoms with Crippen molar-refractivity contribution in [2.24, 2.45) is 5.73 Å². The summed E-state index contributed by atoms with van der Waals surface area (Å²) in [6, 6.07) is 4.22. The first-order valence-corrected chi connectivity index (χ1v) is 6.90. The lowest BCUT2D eigenvalue weighted by Gasteiger charge is -2.27. The van der Waals surface area contributed by atoms with Gasteiger partial charge in [-0.2, -0.15) is 0 Å². The molecule has 1 unspecified atom stereocenters. The first-order valence-electron chi connectivity index (χ1n) is 6.90. The third-order valence-electron chi connectivity index (χ3n) is 3.74. The van der Waals surface area contributed by atoms with E-state index in [-0.39, 0.29) is 5.56 Å². The molecule has 0 bridgehead atoms. The molecule has 0 aromatic heterocycles. The number of hydrogen-bond donors (Lipinski definition) is 1. The summed E-state index contributed by atoms with van der Waals surface area (Å²) in [4.78, 5) is 2.23. The molecular weight excluding hydrogens is 246 g/mol. The minimum Gasteiger partial charge on any atom is -0.324 e. The number of rotatable bonds is 7. The molecule has 0 spiro atoms. The molecule has 1 aromatic carbocycles. The Morgan fingerprint density at radius 1 is 1.21 bits per heavy atom. The Bertz CT molecular complexity index is 392. The largest absolute Gasteiger partial charge is 0.324 e. The monoisotopic (exact) mass is 270 g/mol. The van der Waals surface area contributed by atoms with Crippen molar-refractivity contribution < 1.29 is 8.78 Å². The lowest BCUT2D eigenvalue weighted by Crippen LogP contribution is -2.33. The zero-order valence-corrected chi connectivity index (χ0v) is 12.0. The SMILES string of the molecule is CCC(CC)N(C)CCC(N)c1cccc(F)c1F. The molecule has 0 radical (unpaired) electrons. The van der Waals surface area contributed by atoms with Crippen molar-refractivity contribution in [1.29, 1.82) is 0 Å². The fraction of sp³-hybridized carbons (Fsp3) is 0.600. The fourth-order valence-electron chi connectivity index (χ4n) is 2.40. The molecule has 0 aliphatic carbocycles. The van der Waals surface area contributed by atoms with Gasteiger partial charge in [-0.1, -0.05) is 26.0 Å². The van der Waals surface area contributed by atoms with Crippen LogP contribution >= 0.6 is 0 Å². The van der Waals surface area contributed by atoms with Gasteiger partial charge in [0, 0.05) is 17.6 Å². The Morgan fingerprint density at radius 3 is 2.42 bits per heavy atom. The second-order valence-electron chi connectivity index (χ2n) is 4.99. The van der Waals surface area contributed by atoms with Gasteiger partial charge in [0.15, 0.2) is 11.6 Å². The van der Waals surface area contributed by atoms with Crippen molar-refractivity contribution in [3.63, 3.8) is 0 Å². The molecule has 19 heavy (non-hydrogen) atoms. The lowest BCUT2D eigenvalue weighted by atomic mass is 10.0. The van der Waals surface area contributed by atoms with Gasteiger partial charge in [-0.15, -0.1) is 0 Å². The molecule has 0 amide bonds. The summed E-state index contributed by atoms with van der Waals surface area (Å²) in [6.45, 7) is 5.08. The molecule has 4 heteroatoms. The van der Waals surface area contributed by atoms with Gasteiger partial charge in [-0.3, -0.25) is 0 Å². The van der Waals surface area contributed by atoms with Gasteiger partial charge in [0.1, 0.15) is 0 Å². The summed E-state index contributed by atoms with van der Waals surface area (Å²) < 4.78 is 26.7. The van der Waals surface area contributed by atoms with Gasteiger partial charge in [-0.05, 0) is 38.9 Å². The summed E-state index contributed by atoms with van der Waals surface area (Å²) in [5.74, 6) is -1.65. The molecule has 0 heterocycles. The van der Waals surface area contributed by atoms with E-state index in [1.807, 2.05) is 7.05 Å². The van der Waals surface area contributed by atoms with Crippen LogP contribution in [-0.4, -0.2) is 24.5 Å². The van der Waals surface area contributed by atoms with Gasteiger partial charge in [0.25, 0.3) is 0 Å². The summed E-state index contributed by atoms with van der Waals surface area (Å²) in [7, 11) is 2.05. The Hall–Kier alpha value is -1.00. The number of nitrogens with two attached hydrogens (primary N) is 1. The molecule has 2 N–H and O–H groups in total. The van der Waals surface area contributed by atoms with Crippen LogP contribution in [0.5, 0.6) is 0 Å². The molecule has 0 aliphatic rings. The minimum atomic E-state index is -0.832. The number of halogens is 2. The molecule has 0 fully saturated rings. The predicted molar refractivity (Wildman–Crippen MR) is 74.9 cm³/mol.